The van der Waals surface area contributed by atoms with Crippen molar-refractivity contribution in [2.45, 2.75) is 58.5 Å². The number of nitrogens with zero attached hydrogens (tertiary/aromatic N) is 5. The summed E-state index contributed by atoms with van der Waals surface area (Å²) in [6.45, 7) is 11.4. The van der Waals surface area contributed by atoms with Crippen molar-refractivity contribution in [3.05, 3.63) is 58.3 Å². The summed E-state index contributed by atoms with van der Waals surface area (Å²) in [4.78, 5) is 22.4. The SMILES string of the molecule is C=NN1C=C(C)C(N2CC[C@H](N)C2)=N/C1=C/C1CCCCN1C(=O)c1cc(C)c(F)c(C)c1. The highest BCUT2D eigenvalue weighted by molar-refractivity contribution is 5.99. The summed E-state index contributed by atoms with van der Waals surface area (Å²) in [5.41, 5.74) is 8.60. The molecule has 1 aromatic rings. The number of likely N-dealkylation sites (tertiary alicyclic amines) is 2. The Morgan fingerprint density at radius 1 is 1.21 bits per heavy atom. The van der Waals surface area contributed by atoms with E-state index in [2.05, 4.69) is 16.7 Å². The third-order valence-electron chi connectivity index (χ3n) is 6.64. The topological polar surface area (TPSA) is 77.5 Å². The number of aliphatic imine (C=N–C) groups is 1. The molecule has 1 aromatic carbocycles. The smallest absolute Gasteiger partial charge is 0.254 e. The van der Waals surface area contributed by atoms with Gasteiger partial charge < -0.3 is 15.5 Å². The zero-order valence-corrected chi connectivity index (χ0v) is 19.7. The Bertz CT molecular complexity index is 1020. The molecule has 176 valence electrons. The highest BCUT2D eigenvalue weighted by atomic mass is 19.1. The van der Waals surface area contributed by atoms with Crippen LogP contribution in [0.3, 0.4) is 0 Å². The number of halogens is 1. The fourth-order valence-corrected chi connectivity index (χ4v) is 4.87. The summed E-state index contributed by atoms with van der Waals surface area (Å²) >= 11 is 0. The van der Waals surface area contributed by atoms with Crippen molar-refractivity contribution in [1.29, 1.82) is 0 Å². The molecule has 3 aliphatic rings. The minimum Gasteiger partial charge on any atom is -0.355 e. The normalized spacial score (nSPS) is 24.8. The van der Waals surface area contributed by atoms with Gasteiger partial charge in [0.2, 0.25) is 0 Å². The van der Waals surface area contributed by atoms with Crippen LogP contribution in [-0.2, 0) is 0 Å². The van der Waals surface area contributed by atoms with Crippen LogP contribution in [0.15, 0.2) is 45.9 Å². The van der Waals surface area contributed by atoms with Crippen molar-refractivity contribution in [2.24, 2.45) is 15.8 Å². The van der Waals surface area contributed by atoms with E-state index in [1.165, 1.54) is 0 Å². The van der Waals surface area contributed by atoms with Gasteiger partial charge in [0.25, 0.3) is 5.91 Å². The number of benzene rings is 1. The maximum absolute atomic E-state index is 14.1. The molecule has 0 bridgehead atoms. The summed E-state index contributed by atoms with van der Waals surface area (Å²) in [5, 5.41) is 5.79. The van der Waals surface area contributed by atoms with Crippen LogP contribution in [0.25, 0.3) is 0 Å². The minimum atomic E-state index is -0.260. The Labute approximate surface area is 195 Å². The Kier molecular flexibility index (Phi) is 6.65. The van der Waals surface area contributed by atoms with Gasteiger partial charge in [0.1, 0.15) is 11.7 Å². The van der Waals surface area contributed by atoms with Gasteiger partial charge in [-0.2, -0.15) is 5.10 Å². The van der Waals surface area contributed by atoms with Crippen LogP contribution < -0.4 is 5.73 Å². The molecule has 8 heteroatoms. The lowest BCUT2D eigenvalue weighted by Gasteiger charge is -2.35. The molecule has 0 aromatic heterocycles. The third-order valence-corrected chi connectivity index (χ3v) is 6.64. The van der Waals surface area contributed by atoms with E-state index in [-0.39, 0.29) is 23.8 Å². The molecular weight excluding hydrogens is 419 g/mol. The van der Waals surface area contributed by atoms with Crippen LogP contribution >= 0.6 is 0 Å². The Morgan fingerprint density at radius 2 is 1.94 bits per heavy atom. The maximum Gasteiger partial charge on any atom is 0.254 e. The zero-order chi connectivity index (χ0) is 23.7. The van der Waals surface area contributed by atoms with Gasteiger partial charge in [-0.15, -0.1) is 0 Å². The van der Waals surface area contributed by atoms with Crippen molar-refractivity contribution < 1.29 is 9.18 Å². The highest BCUT2D eigenvalue weighted by Crippen LogP contribution is 2.27. The van der Waals surface area contributed by atoms with Crippen molar-refractivity contribution in [2.75, 3.05) is 19.6 Å². The lowest BCUT2D eigenvalue weighted by molar-refractivity contribution is 0.0662. The Hall–Kier alpha value is -3.00. The van der Waals surface area contributed by atoms with Crippen molar-refractivity contribution >= 4 is 18.5 Å². The summed E-state index contributed by atoms with van der Waals surface area (Å²) in [7, 11) is 0. The average Bonchev–Trinajstić information content (AvgIpc) is 3.23. The quantitative estimate of drug-likeness (QED) is 0.712. The van der Waals surface area contributed by atoms with E-state index < -0.39 is 0 Å². The first-order chi connectivity index (χ1) is 15.8. The van der Waals surface area contributed by atoms with Crippen molar-refractivity contribution in [1.82, 2.24) is 14.8 Å². The van der Waals surface area contributed by atoms with Gasteiger partial charge in [-0.1, -0.05) is 0 Å². The monoisotopic (exact) mass is 452 g/mol. The lowest BCUT2D eigenvalue weighted by Crippen LogP contribution is -2.43. The minimum absolute atomic E-state index is 0.0851. The van der Waals surface area contributed by atoms with E-state index in [0.717, 1.165) is 50.2 Å². The molecule has 1 unspecified atom stereocenters. The van der Waals surface area contributed by atoms with Crippen LogP contribution in [0.2, 0.25) is 0 Å². The van der Waals surface area contributed by atoms with Crippen molar-refractivity contribution in [3.63, 3.8) is 0 Å². The fraction of sp³-hybridized carbons (Fsp3) is 0.480. The van der Waals surface area contributed by atoms with Crippen LogP contribution in [0, 0.1) is 19.7 Å². The molecule has 1 amide bonds. The van der Waals surface area contributed by atoms with Crippen LogP contribution in [0.1, 0.15) is 54.1 Å². The summed E-state index contributed by atoms with van der Waals surface area (Å²) in [6.07, 6.45) is 7.67. The second kappa shape index (κ2) is 9.47. The second-order valence-corrected chi connectivity index (χ2v) is 9.24. The fourth-order valence-electron chi connectivity index (χ4n) is 4.87. The number of amidine groups is 1. The van der Waals surface area contributed by atoms with Gasteiger partial charge in [0, 0.05) is 49.7 Å². The molecule has 2 fully saturated rings. The number of carbonyl (C=O) groups is 1. The van der Waals surface area contributed by atoms with Gasteiger partial charge in [-0.25, -0.2) is 14.4 Å². The van der Waals surface area contributed by atoms with Crippen LogP contribution in [0.4, 0.5) is 4.39 Å². The molecule has 2 N–H and O–H groups in total. The second-order valence-electron chi connectivity index (χ2n) is 9.24. The van der Waals surface area contributed by atoms with E-state index in [0.29, 0.717) is 29.1 Å². The number of nitrogens with two attached hydrogens (primary N) is 1. The van der Waals surface area contributed by atoms with Crippen molar-refractivity contribution in [3.8, 4) is 0 Å². The zero-order valence-electron chi connectivity index (χ0n) is 19.7. The van der Waals surface area contributed by atoms with Gasteiger partial charge in [0.15, 0.2) is 5.82 Å². The molecule has 4 rings (SSSR count). The average molecular weight is 453 g/mol. The number of hydrogen-bond acceptors (Lipinski definition) is 6. The summed E-state index contributed by atoms with van der Waals surface area (Å²) in [6, 6.07) is 3.30. The molecular formula is C25H33FN6O. The number of piperidine rings is 1. The molecule has 2 saturated heterocycles. The van der Waals surface area contributed by atoms with Crippen LogP contribution in [-0.4, -0.2) is 65.0 Å². The number of hydrogen-bond donors (Lipinski definition) is 1. The predicted molar refractivity (Wildman–Crippen MR) is 129 cm³/mol. The van der Waals surface area contributed by atoms with Gasteiger partial charge in [-0.05, 0) is 75.8 Å². The number of amides is 1. The van der Waals surface area contributed by atoms with Crippen LogP contribution in [0.5, 0.6) is 0 Å². The number of carbonyl (C=O) groups excluding carboxylic acids is 1. The van der Waals surface area contributed by atoms with E-state index >= 15 is 0 Å². The molecule has 7 nitrogen and oxygen atoms in total. The standard InChI is InChI=1S/C25H33FN6O/c1-16-11-19(12-17(2)23(16)26)25(33)31-9-6-5-7-21(31)13-22-29-24(18(3)14-32(22)28-4)30-10-8-20(27)15-30/h11-14,20-21H,4-10,15,27H2,1-3H3/b22-13-/t20-,21?/m0/s1. The molecule has 3 heterocycles. The highest BCUT2D eigenvalue weighted by Gasteiger charge is 2.30. The molecule has 33 heavy (non-hydrogen) atoms. The van der Waals surface area contributed by atoms with E-state index in [1.807, 2.05) is 24.1 Å². The number of rotatable bonds is 3. The molecule has 3 aliphatic heterocycles. The molecule has 0 radical (unpaired) electrons. The van der Waals surface area contributed by atoms with E-state index in [9.17, 15) is 9.18 Å². The summed E-state index contributed by atoms with van der Waals surface area (Å²) in [5.74, 6) is 1.21. The largest absolute Gasteiger partial charge is 0.355 e. The van der Waals surface area contributed by atoms with E-state index in [1.54, 1.807) is 31.0 Å². The van der Waals surface area contributed by atoms with Gasteiger partial charge >= 0.3 is 0 Å². The first kappa shape index (κ1) is 23.2. The Morgan fingerprint density at radius 3 is 2.58 bits per heavy atom. The number of hydrazone groups is 1. The maximum atomic E-state index is 14.1. The first-order valence-corrected chi connectivity index (χ1v) is 11.6. The predicted octanol–water partition coefficient (Wildman–Crippen LogP) is 3.55. The van der Waals surface area contributed by atoms with Gasteiger partial charge in [0.05, 0.1) is 6.04 Å². The number of aryl methyl sites for hydroxylation is 2. The molecule has 2 atom stereocenters. The van der Waals surface area contributed by atoms with E-state index in [4.69, 9.17) is 10.7 Å². The summed E-state index contributed by atoms with van der Waals surface area (Å²) < 4.78 is 14.1. The Balaban J connectivity index is 1.65. The van der Waals surface area contributed by atoms with Gasteiger partial charge in [-0.3, -0.25) is 4.79 Å². The third kappa shape index (κ3) is 4.71. The molecule has 0 saturated carbocycles. The molecule has 0 spiro atoms. The molecule has 0 aliphatic carbocycles. The first-order valence-electron chi connectivity index (χ1n) is 11.6. The lowest BCUT2D eigenvalue weighted by atomic mass is 9.99.